The Balaban J connectivity index is 2.60. The molecule has 18 heavy (non-hydrogen) atoms. The lowest BCUT2D eigenvalue weighted by molar-refractivity contribution is -0.146. The van der Waals surface area contributed by atoms with E-state index in [-0.39, 0.29) is 0 Å². The number of aliphatic hydroxyl groups excluding tert-OH is 1. The van der Waals surface area contributed by atoms with Crippen molar-refractivity contribution in [1.82, 2.24) is 15.1 Å². The Morgan fingerprint density at radius 2 is 2.06 bits per heavy atom. The maximum atomic E-state index is 11.3. The van der Waals surface area contributed by atoms with Crippen molar-refractivity contribution in [2.45, 2.75) is 12.6 Å². The van der Waals surface area contributed by atoms with Gasteiger partial charge < -0.3 is 15.5 Å². The molecule has 98 valence electrons. The van der Waals surface area contributed by atoms with Crippen LogP contribution in [-0.4, -0.2) is 44.5 Å². The fourth-order valence-corrected chi connectivity index (χ4v) is 1.08. The Labute approximate surface area is 99.7 Å². The lowest BCUT2D eigenvalue weighted by Crippen LogP contribution is -2.40. The SMILES string of the molecule is O=C(Cn1[nH]c(=O)ccc1=O)NCC(O)C(=O)O. The van der Waals surface area contributed by atoms with E-state index in [1.807, 2.05) is 0 Å². The smallest absolute Gasteiger partial charge is 0.334 e. The third-order valence-electron chi connectivity index (χ3n) is 1.97. The van der Waals surface area contributed by atoms with Crippen molar-refractivity contribution in [3.8, 4) is 0 Å². The molecule has 0 bridgehead atoms. The first-order chi connectivity index (χ1) is 8.40. The summed E-state index contributed by atoms with van der Waals surface area (Å²) in [6, 6.07) is 2.02. The average Bonchev–Trinajstić information content (AvgIpc) is 2.30. The van der Waals surface area contributed by atoms with E-state index in [0.717, 1.165) is 16.8 Å². The number of amides is 1. The third kappa shape index (κ3) is 3.87. The number of carbonyl (C=O) groups is 2. The minimum absolute atomic E-state index is 0.471. The van der Waals surface area contributed by atoms with Crippen LogP contribution in [0.2, 0.25) is 0 Å². The van der Waals surface area contributed by atoms with Gasteiger partial charge in [0.25, 0.3) is 11.1 Å². The van der Waals surface area contributed by atoms with Crippen molar-refractivity contribution >= 4 is 11.9 Å². The molecule has 0 saturated heterocycles. The average molecular weight is 257 g/mol. The second-order valence-corrected chi connectivity index (χ2v) is 3.39. The quantitative estimate of drug-likeness (QED) is 0.445. The van der Waals surface area contributed by atoms with Crippen LogP contribution >= 0.6 is 0 Å². The zero-order chi connectivity index (χ0) is 13.7. The van der Waals surface area contributed by atoms with Gasteiger partial charge in [0.05, 0.1) is 6.54 Å². The fraction of sp³-hybridized carbons (Fsp3) is 0.333. The van der Waals surface area contributed by atoms with Crippen molar-refractivity contribution in [3.05, 3.63) is 32.8 Å². The van der Waals surface area contributed by atoms with E-state index in [1.54, 1.807) is 0 Å². The van der Waals surface area contributed by atoms with Crippen LogP contribution in [-0.2, 0) is 16.1 Å². The number of aliphatic carboxylic acids is 1. The number of aromatic nitrogens is 2. The fourth-order valence-electron chi connectivity index (χ4n) is 1.08. The van der Waals surface area contributed by atoms with E-state index < -0.39 is 42.2 Å². The second kappa shape index (κ2) is 5.77. The van der Waals surface area contributed by atoms with E-state index in [0.29, 0.717) is 0 Å². The summed E-state index contributed by atoms with van der Waals surface area (Å²) in [4.78, 5) is 43.7. The first-order valence-electron chi connectivity index (χ1n) is 4.88. The number of hydrogen-bond donors (Lipinski definition) is 4. The number of nitrogens with zero attached hydrogens (tertiary/aromatic N) is 1. The first-order valence-corrected chi connectivity index (χ1v) is 4.88. The number of H-pyrrole nitrogens is 1. The molecule has 0 aliphatic carbocycles. The highest BCUT2D eigenvalue weighted by Crippen LogP contribution is 1.81. The Kier molecular flexibility index (Phi) is 4.38. The van der Waals surface area contributed by atoms with Crippen LogP contribution in [0.25, 0.3) is 0 Å². The zero-order valence-electron chi connectivity index (χ0n) is 9.12. The molecule has 1 amide bonds. The van der Waals surface area contributed by atoms with Gasteiger partial charge in [-0.25, -0.2) is 9.48 Å². The van der Waals surface area contributed by atoms with Gasteiger partial charge in [-0.1, -0.05) is 0 Å². The van der Waals surface area contributed by atoms with Crippen molar-refractivity contribution in [2.75, 3.05) is 6.54 Å². The molecule has 9 nitrogen and oxygen atoms in total. The number of aromatic amines is 1. The van der Waals surface area contributed by atoms with Gasteiger partial charge in [-0.15, -0.1) is 0 Å². The van der Waals surface area contributed by atoms with Crippen LogP contribution in [0.1, 0.15) is 0 Å². The normalized spacial score (nSPS) is 11.8. The molecule has 1 heterocycles. The first kappa shape index (κ1) is 13.6. The summed E-state index contributed by atoms with van der Waals surface area (Å²) >= 11 is 0. The van der Waals surface area contributed by atoms with E-state index in [4.69, 9.17) is 10.2 Å². The van der Waals surface area contributed by atoms with Gasteiger partial charge in [0, 0.05) is 12.1 Å². The highest BCUT2D eigenvalue weighted by atomic mass is 16.4. The van der Waals surface area contributed by atoms with Crippen LogP contribution in [0, 0.1) is 0 Å². The van der Waals surface area contributed by atoms with Gasteiger partial charge in [0.1, 0.15) is 6.54 Å². The highest BCUT2D eigenvalue weighted by molar-refractivity contribution is 5.77. The van der Waals surface area contributed by atoms with Crippen LogP contribution in [0.4, 0.5) is 0 Å². The predicted molar refractivity (Wildman–Crippen MR) is 58.0 cm³/mol. The van der Waals surface area contributed by atoms with Crippen molar-refractivity contribution in [2.24, 2.45) is 0 Å². The molecule has 0 spiro atoms. The molecule has 0 aliphatic heterocycles. The summed E-state index contributed by atoms with van der Waals surface area (Å²) in [6.45, 7) is -0.957. The van der Waals surface area contributed by atoms with Crippen LogP contribution in [0.3, 0.4) is 0 Å². The van der Waals surface area contributed by atoms with Crippen LogP contribution < -0.4 is 16.4 Å². The predicted octanol–water partition coefficient (Wildman–Crippen LogP) is -2.90. The number of hydrogen-bond acceptors (Lipinski definition) is 5. The number of carbonyl (C=O) groups excluding carboxylic acids is 1. The van der Waals surface area contributed by atoms with Gasteiger partial charge in [0.15, 0.2) is 6.10 Å². The molecule has 1 atom stereocenters. The lowest BCUT2D eigenvalue weighted by atomic mass is 10.3. The molecule has 0 saturated carbocycles. The molecule has 9 heteroatoms. The van der Waals surface area contributed by atoms with Crippen LogP contribution in [0.15, 0.2) is 21.7 Å². The van der Waals surface area contributed by atoms with Crippen LogP contribution in [0.5, 0.6) is 0 Å². The molecular weight excluding hydrogens is 246 g/mol. The molecule has 0 radical (unpaired) electrons. The van der Waals surface area contributed by atoms with Gasteiger partial charge in [0.2, 0.25) is 5.91 Å². The molecule has 1 rings (SSSR count). The third-order valence-corrected chi connectivity index (χ3v) is 1.97. The number of carboxylic acids is 1. The highest BCUT2D eigenvalue weighted by Gasteiger charge is 2.14. The van der Waals surface area contributed by atoms with E-state index in [9.17, 15) is 19.2 Å². The molecule has 1 aromatic rings. The molecule has 1 aromatic heterocycles. The summed E-state index contributed by atoms with van der Waals surface area (Å²) < 4.78 is 0.769. The lowest BCUT2D eigenvalue weighted by Gasteiger charge is -2.08. The van der Waals surface area contributed by atoms with Gasteiger partial charge >= 0.3 is 5.97 Å². The molecular formula is C9H11N3O6. The topological polar surface area (TPSA) is 141 Å². The van der Waals surface area contributed by atoms with Gasteiger partial charge in [-0.3, -0.25) is 19.5 Å². The summed E-state index contributed by atoms with van der Waals surface area (Å²) in [5.74, 6) is -2.18. The van der Waals surface area contributed by atoms with Crippen molar-refractivity contribution in [3.63, 3.8) is 0 Å². The van der Waals surface area contributed by atoms with Crippen molar-refractivity contribution < 1.29 is 19.8 Å². The minimum Gasteiger partial charge on any atom is -0.479 e. The Morgan fingerprint density at radius 1 is 1.39 bits per heavy atom. The Morgan fingerprint density at radius 3 is 2.67 bits per heavy atom. The standard InChI is InChI=1S/C9H11N3O6/c13-5(9(17)18)3-10-7(15)4-12-8(16)2-1-6(14)11-12/h1-2,5,13H,3-4H2,(H,10,15)(H,11,14)(H,17,18). The number of rotatable bonds is 5. The van der Waals surface area contributed by atoms with E-state index in [2.05, 4.69) is 10.4 Å². The summed E-state index contributed by atoms with van der Waals surface area (Å²) in [5, 5.41) is 21.5. The molecule has 0 aliphatic rings. The Bertz CT molecular complexity index is 560. The largest absolute Gasteiger partial charge is 0.479 e. The van der Waals surface area contributed by atoms with Gasteiger partial charge in [-0.05, 0) is 0 Å². The van der Waals surface area contributed by atoms with E-state index in [1.165, 1.54) is 0 Å². The molecule has 0 aromatic carbocycles. The Hall–Kier alpha value is -2.42. The molecule has 1 unspecified atom stereocenters. The number of nitrogens with one attached hydrogen (secondary N) is 2. The maximum absolute atomic E-state index is 11.3. The summed E-state index contributed by atoms with van der Waals surface area (Å²) in [7, 11) is 0. The van der Waals surface area contributed by atoms with Crippen molar-refractivity contribution in [1.29, 1.82) is 0 Å². The summed E-state index contributed by atoms with van der Waals surface area (Å²) in [6.07, 6.45) is -1.72. The van der Waals surface area contributed by atoms with E-state index >= 15 is 0 Å². The number of carboxylic acid groups (broad SMARTS) is 1. The monoisotopic (exact) mass is 257 g/mol. The van der Waals surface area contributed by atoms with Gasteiger partial charge in [-0.2, -0.15) is 0 Å². The second-order valence-electron chi connectivity index (χ2n) is 3.39. The molecule has 0 fully saturated rings. The molecule has 4 N–H and O–H groups in total. The number of aliphatic hydroxyl groups is 1. The maximum Gasteiger partial charge on any atom is 0.334 e. The minimum atomic E-state index is -1.72. The summed E-state index contributed by atoms with van der Waals surface area (Å²) in [5.41, 5.74) is -1.13. The zero-order valence-corrected chi connectivity index (χ0v) is 9.12.